The van der Waals surface area contributed by atoms with Crippen LogP contribution in [0.2, 0.25) is 0 Å². The first-order chi connectivity index (χ1) is 14.3. The Balaban J connectivity index is 0.000000448. The van der Waals surface area contributed by atoms with E-state index in [1.54, 1.807) is 18.2 Å². The van der Waals surface area contributed by atoms with Crippen LogP contribution in [0.3, 0.4) is 0 Å². The minimum Gasteiger partial charge on any atom is -0.431 e. The average Bonchev–Trinajstić information content (AvgIpc) is 3.43. The molecule has 0 aliphatic heterocycles. The first kappa shape index (κ1) is 21.4. The molecule has 1 aromatic carbocycles. The highest BCUT2D eigenvalue weighted by Gasteiger charge is 2.42. The second-order valence-electron chi connectivity index (χ2n) is 6.75. The van der Waals surface area contributed by atoms with Crippen molar-refractivity contribution in [3.8, 4) is 11.5 Å². The average molecular weight is 418 g/mol. The third kappa shape index (κ3) is 5.59. The maximum atomic E-state index is 13.2. The Morgan fingerprint density at radius 3 is 2.17 bits per heavy atom. The quantitative estimate of drug-likeness (QED) is 0.582. The van der Waals surface area contributed by atoms with E-state index in [4.69, 9.17) is 10.2 Å². The highest BCUT2D eigenvalue weighted by molar-refractivity contribution is 6.03. The number of carbonyl (C=O) groups is 1. The molecular formula is C21H21F3N4O2. The van der Waals surface area contributed by atoms with Gasteiger partial charge in [-0.2, -0.15) is 13.2 Å². The maximum absolute atomic E-state index is 13.2. The Hall–Kier alpha value is -3.36. The van der Waals surface area contributed by atoms with Crippen molar-refractivity contribution in [1.82, 2.24) is 9.97 Å². The van der Waals surface area contributed by atoms with E-state index in [1.807, 2.05) is 0 Å². The fraction of sp³-hybridized carbons (Fsp3) is 0.286. The van der Waals surface area contributed by atoms with E-state index >= 15 is 0 Å². The van der Waals surface area contributed by atoms with Gasteiger partial charge in [0.15, 0.2) is 5.69 Å². The van der Waals surface area contributed by atoms with Gasteiger partial charge in [0, 0.05) is 5.56 Å². The molecule has 1 saturated carbocycles. The van der Waals surface area contributed by atoms with Gasteiger partial charge in [-0.3, -0.25) is 4.79 Å². The molecule has 3 N–H and O–H groups in total. The number of nitrogens with two attached hydrogens (primary N) is 1. The summed E-state index contributed by atoms with van der Waals surface area (Å²) >= 11 is 0. The topological polar surface area (TPSA) is 94.0 Å². The lowest BCUT2D eigenvalue weighted by molar-refractivity contribution is -0.153. The zero-order valence-electron chi connectivity index (χ0n) is 16.1. The minimum absolute atomic E-state index is 0.177. The van der Waals surface area contributed by atoms with Gasteiger partial charge in [-0.25, -0.2) is 9.97 Å². The van der Waals surface area contributed by atoms with Crippen molar-refractivity contribution in [3.63, 3.8) is 0 Å². The molecule has 1 aliphatic rings. The molecule has 9 heteroatoms. The summed E-state index contributed by atoms with van der Waals surface area (Å²) in [7, 11) is 0. The van der Waals surface area contributed by atoms with Crippen molar-refractivity contribution >= 4 is 17.4 Å². The number of rotatable bonds is 3. The molecule has 1 amide bonds. The number of nitrogens with zero attached hydrogens (tertiary/aromatic N) is 2. The van der Waals surface area contributed by atoms with Crippen LogP contribution in [0, 0.1) is 0 Å². The van der Waals surface area contributed by atoms with Crippen molar-refractivity contribution < 1.29 is 22.4 Å². The van der Waals surface area contributed by atoms with Gasteiger partial charge in [0.2, 0.25) is 11.7 Å². The number of anilines is 2. The lowest BCUT2D eigenvalue weighted by Crippen LogP contribution is -2.18. The van der Waals surface area contributed by atoms with Crippen LogP contribution in [-0.4, -0.2) is 15.9 Å². The number of hydrogen-bond acceptors (Lipinski definition) is 5. The fourth-order valence-corrected chi connectivity index (χ4v) is 2.92. The molecule has 1 fully saturated rings. The van der Waals surface area contributed by atoms with Crippen LogP contribution in [0.15, 0.2) is 53.1 Å². The monoisotopic (exact) mass is 418 g/mol. The third-order valence-electron chi connectivity index (χ3n) is 4.41. The van der Waals surface area contributed by atoms with Gasteiger partial charge in [-0.15, -0.1) is 0 Å². The van der Waals surface area contributed by atoms with E-state index in [9.17, 15) is 18.0 Å². The van der Waals surface area contributed by atoms with E-state index in [0.29, 0.717) is 5.56 Å². The predicted molar refractivity (Wildman–Crippen MR) is 107 cm³/mol. The lowest BCUT2D eigenvalue weighted by Gasteiger charge is -2.06. The number of nitrogen functional groups attached to an aromatic ring is 1. The number of nitrogens with one attached hydrogen (secondary N) is 1. The number of oxazole rings is 1. The number of aromatic nitrogens is 2. The zero-order chi connectivity index (χ0) is 21.6. The van der Waals surface area contributed by atoms with Gasteiger partial charge in [0.25, 0.3) is 5.91 Å². The molecule has 2 heterocycles. The molecular weight excluding hydrogens is 397 g/mol. The second-order valence-corrected chi connectivity index (χ2v) is 6.75. The van der Waals surface area contributed by atoms with Gasteiger partial charge in [-0.1, -0.05) is 50.3 Å². The molecule has 0 saturated heterocycles. The van der Waals surface area contributed by atoms with Crippen LogP contribution in [0.25, 0.3) is 11.5 Å². The first-order valence-corrected chi connectivity index (χ1v) is 9.51. The summed E-state index contributed by atoms with van der Waals surface area (Å²) in [6, 6.07) is 10.8. The zero-order valence-corrected chi connectivity index (χ0v) is 16.1. The van der Waals surface area contributed by atoms with Crippen molar-refractivity contribution in [2.24, 2.45) is 0 Å². The van der Waals surface area contributed by atoms with Gasteiger partial charge in [-0.05, 0) is 24.3 Å². The largest absolute Gasteiger partial charge is 0.452 e. The number of benzene rings is 1. The smallest absolute Gasteiger partial charge is 0.431 e. The van der Waals surface area contributed by atoms with Crippen molar-refractivity contribution in [2.45, 2.75) is 38.3 Å². The molecule has 0 bridgehead atoms. The Morgan fingerprint density at radius 1 is 1.00 bits per heavy atom. The van der Waals surface area contributed by atoms with Crippen LogP contribution < -0.4 is 11.1 Å². The van der Waals surface area contributed by atoms with Gasteiger partial charge in [0.05, 0.1) is 11.9 Å². The Morgan fingerprint density at radius 2 is 1.63 bits per heavy atom. The molecule has 30 heavy (non-hydrogen) atoms. The Labute approximate surface area is 171 Å². The molecule has 4 rings (SSSR count). The van der Waals surface area contributed by atoms with Crippen LogP contribution in [-0.2, 0) is 6.18 Å². The number of alkyl halides is 3. The van der Waals surface area contributed by atoms with Gasteiger partial charge >= 0.3 is 6.18 Å². The van der Waals surface area contributed by atoms with E-state index < -0.39 is 23.5 Å². The summed E-state index contributed by atoms with van der Waals surface area (Å²) in [6.07, 6.45) is 3.85. The summed E-state index contributed by atoms with van der Waals surface area (Å²) < 4.78 is 44.4. The summed E-state index contributed by atoms with van der Waals surface area (Å²) in [5.41, 5.74) is 5.06. The number of amides is 1. The van der Waals surface area contributed by atoms with E-state index in [-0.39, 0.29) is 17.4 Å². The summed E-state index contributed by atoms with van der Waals surface area (Å²) in [5, 5.41) is 2.28. The number of pyridine rings is 1. The number of carbonyl (C=O) groups excluding carboxylic acids is 1. The third-order valence-corrected chi connectivity index (χ3v) is 4.41. The molecule has 0 atom stereocenters. The summed E-state index contributed by atoms with van der Waals surface area (Å²) in [5.74, 6) is -2.62. The molecule has 6 nitrogen and oxygen atoms in total. The second kappa shape index (κ2) is 9.43. The van der Waals surface area contributed by atoms with Crippen LogP contribution in [0.5, 0.6) is 0 Å². The Bertz CT molecular complexity index is 959. The summed E-state index contributed by atoms with van der Waals surface area (Å²) in [6.45, 7) is 0. The van der Waals surface area contributed by atoms with Crippen molar-refractivity contribution in [1.29, 1.82) is 0 Å². The molecule has 2 aromatic heterocycles. The van der Waals surface area contributed by atoms with Gasteiger partial charge in [0.1, 0.15) is 5.82 Å². The van der Waals surface area contributed by atoms with Crippen LogP contribution in [0.4, 0.5) is 24.7 Å². The van der Waals surface area contributed by atoms with E-state index in [0.717, 1.165) is 0 Å². The highest BCUT2D eigenvalue weighted by atomic mass is 19.4. The molecule has 0 radical (unpaired) electrons. The van der Waals surface area contributed by atoms with Crippen molar-refractivity contribution in [2.75, 3.05) is 11.1 Å². The Kier molecular flexibility index (Phi) is 6.71. The summed E-state index contributed by atoms with van der Waals surface area (Å²) in [4.78, 5) is 19.7. The fourth-order valence-electron chi connectivity index (χ4n) is 2.92. The molecule has 0 unspecified atom stereocenters. The van der Waals surface area contributed by atoms with Crippen LogP contribution in [0.1, 0.15) is 48.4 Å². The molecule has 3 aromatic rings. The maximum Gasteiger partial charge on any atom is 0.452 e. The highest BCUT2D eigenvalue weighted by Crippen LogP contribution is 2.35. The standard InChI is InChI=1S/C16H11F3N4O2.C5H10/c17-16(18,19)13-12(14(24)22-10-6-7-11(20)21-8-10)23-15(25-13)9-4-2-1-3-5-9;1-2-4-5-3-1/h1-8H,(H2,20,21)(H,22,24);1-5H2. The van der Waals surface area contributed by atoms with Crippen LogP contribution >= 0.6 is 0 Å². The molecule has 1 aliphatic carbocycles. The predicted octanol–water partition coefficient (Wildman–Crippen LogP) is 5.54. The number of hydrogen-bond donors (Lipinski definition) is 2. The lowest BCUT2D eigenvalue weighted by atomic mass is 10.2. The van der Waals surface area contributed by atoms with E-state index in [2.05, 4.69) is 15.3 Å². The normalized spacial score (nSPS) is 13.4. The SMILES string of the molecule is C1CCCC1.Nc1ccc(NC(=O)c2nc(-c3ccccc3)oc2C(F)(F)F)cn1. The first-order valence-electron chi connectivity index (χ1n) is 9.51. The van der Waals surface area contributed by atoms with Gasteiger partial charge < -0.3 is 15.5 Å². The molecule has 0 spiro atoms. The van der Waals surface area contributed by atoms with E-state index in [1.165, 1.54) is 62.6 Å². The number of halogens is 3. The molecule has 158 valence electrons. The van der Waals surface area contributed by atoms with Crippen molar-refractivity contribution in [3.05, 3.63) is 60.1 Å². The minimum atomic E-state index is -4.87.